The molecular weight excluding hydrogens is 292 g/mol. The molecule has 1 saturated carbocycles. The van der Waals surface area contributed by atoms with Gasteiger partial charge in [-0.05, 0) is 43.9 Å². The van der Waals surface area contributed by atoms with E-state index in [1.807, 2.05) is 24.3 Å². The summed E-state index contributed by atoms with van der Waals surface area (Å²) < 4.78 is 23.4. The van der Waals surface area contributed by atoms with Crippen molar-refractivity contribution in [1.29, 1.82) is 0 Å². The molecule has 0 spiro atoms. The number of aliphatic hydroxyl groups is 1. The Labute approximate surface area is 125 Å². The zero-order chi connectivity index (χ0) is 14.8. The van der Waals surface area contributed by atoms with Crippen LogP contribution in [0.5, 0.6) is 0 Å². The van der Waals surface area contributed by atoms with Crippen LogP contribution in [-0.2, 0) is 9.84 Å². The first-order valence-electron chi connectivity index (χ1n) is 7.00. The van der Waals surface area contributed by atoms with Gasteiger partial charge in [-0.1, -0.05) is 18.6 Å². The highest BCUT2D eigenvalue weighted by molar-refractivity contribution is 8.00. The molecule has 3 unspecified atom stereocenters. The second kappa shape index (κ2) is 6.50. The average Bonchev–Trinajstić information content (AvgIpc) is 2.38. The van der Waals surface area contributed by atoms with E-state index in [1.165, 1.54) is 6.26 Å². The topological polar surface area (TPSA) is 54.4 Å². The molecule has 0 radical (unpaired) electrons. The van der Waals surface area contributed by atoms with Crippen molar-refractivity contribution in [3.63, 3.8) is 0 Å². The Kier molecular flexibility index (Phi) is 5.15. The first-order chi connectivity index (χ1) is 9.36. The number of hydrogen-bond acceptors (Lipinski definition) is 4. The molecule has 2 rings (SSSR count). The highest BCUT2D eigenvalue weighted by Gasteiger charge is 2.29. The molecule has 1 aliphatic rings. The smallest absolute Gasteiger partial charge is 0.150 e. The molecule has 112 valence electrons. The Morgan fingerprint density at radius 1 is 1.35 bits per heavy atom. The first kappa shape index (κ1) is 15.9. The van der Waals surface area contributed by atoms with Crippen molar-refractivity contribution in [3.05, 3.63) is 29.8 Å². The third kappa shape index (κ3) is 4.24. The molecule has 0 amide bonds. The maximum absolute atomic E-state index is 11.7. The Hall–Kier alpha value is -0.520. The van der Waals surface area contributed by atoms with E-state index in [9.17, 15) is 13.5 Å². The summed E-state index contributed by atoms with van der Waals surface area (Å²) in [5.41, 5.74) is 0.908. The summed E-state index contributed by atoms with van der Waals surface area (Å²) >= 11 is 1.74. The fraction of sp³-hybridized carbons (Fsp3) is 0.600. The number of aliphatic hydroxyl groups excluding tert-OH is 1. The van der Waals surface area contributed by atoms with Gasteiger partial charge in [0.25, 0.3) is 0 Å². The number of hydrogen-bond donors (Lipinski definition) is 1. The summed E-state index contributed by atoms with van der Waals surface area (Å²) in [4.78, 5) is 1.11. The van der Waals surface area contributed by atoms with Gasteiger partial charge < -0.3 is 5.11 Å². The average molecular weight is 314 g/mol. The van der Waals surface area contributed by atoms with Gasteiger partial charge in [-0.25, -0.2) is 8.42 Å². The van der Waals surface area contributed by atoms with Gasteiger partial charge in [0, 0.05) is 16.4 Å². The summed E-state index contributed by atoms with van der Waals surface area (Å²) in [6, 6.07) is 7.89. The summed E-state index contributed by atoms with van der Waals surface area (Å²) in [6.45, 7) is 1.75. The molecule has 1 aromatic carbocycles. The Morgan fingerprint density at radius 2 is 2.10 bits per heavy atom. The maximum atomic E-state index is 11.7. The molecule has 1 aromatic rings. The van der Waals surface area contributed by atoms with Gasteiger partial charge in [0.05, 0.1) is 11.4 Å². The van der Waals surface area contributed by atoms with Crippen molar-refractivity contribution >= 4 is 21.6 Å². The number of sulfone groups is 1. The normalized spacial score (nSPS) is 25.4. The van der Waals surface area contributed by atoms with Crippen molar-refractivity contribution in [3.8, 4) is 0 Å². The van der Waals surface area contributed by atoms with Crippen molar-refractivity contribution in [2.45, 2.75) is 54.1 Å². The third-order valence-electron chi connectivity index (χ3n) is 3.83. The van der Waals surface area contributed by atoms with Crippen LogP contribution in [0.15, 0.2) is 29.2 Å². The third-order valence-corrected chi connectivity index (χ3v) is 6.75. The standard InChI is InChI=1S/C15H22O3S2/c1-11(16)12-5-3-6-13(9-12)19-14-7-4-8-15(10-14)20(2,17)18/h3,5-6,9,11,14-16H,4,7-8,10H2,1-2H3. The van der Waals surface area contributed by atoms with E-state index in [0.29, 0.717) is 5.25 Å². The molecule has 0 heterocycles. The van der Waals surface area contributed by atoms with Crippen molar-refractivity contribution in [1.82, 2.24) is 0 Å². The summed E-state index contributed by atoms with van der Waals surface area (Å²) in [5.74, 6) is 0. The lowest BCUT2D eigenvalue weighted by molar-refractivity contribution is 0.199. The quantitative estimate of drug-likeness (QED) is 0.927. The van der Waals surface area contributed by atoms with E-state index >= 15 is 0 Å². The fourth-order valence-corrected chi connectivity index (χ4v) is 5.30. The van der Waals surface area contributed by atoms with E-state index < -0.39 is 15.9 Å². The summed E-state index contributed by atoms with van der Waals surface area (Å²) in [5, 5.41) is 9.78. The van der Waals surface area contributed by atoms with Crippen LogP contribution >= 0.6 is 11.8 Å². The Balaban J connectivity index is 2.04. The number of benzene rings is 1. The van der Waals surface area contributed by atoms with E-state index in [2.05, 4.69) is 0 Å². The SMILES string of the molecule is CC(O)c1cccc(SC2CCCC(S(C)(=O)=O)C2)c1. The van der Waals surface area contributed by atoms with Gasteiger partial charge in [0.15, 0.2) is 0 Å². The van der Waals surface area contributed by atoms with Gasteiger partial charge >= 0.3 is 0 Å². The summed E-state index contributed by atoms with van der Waals surface area (Å²) in [7, 11) is -2.93. The van der Waals surface area contributed by atoms with Gasteiger partial charge in [0.1, 0.15) is 9.84 Å². The highest BCUT2D eigenvalue weighted by atomic mass is 32.2. The highest BCUT2D eigenvalue weighted by Crippen LogP contribution is 2.36. The van der Waals surface area contributed by atoms with Crippen molar-refractivity contribution in [2.24, 2.45) is 0 Å². The molecule has 3 nitrogen and oxygen atoms in total. The zero-order valence-corrected chi connectivity index (χ0v) is 13.6. The lowest BCUT2D eigenvalue weighted by atomic mass is 10.00. The lowest BCUT2D eigenvalue weighted by Gasteiger charge is -2.27. The van der Waals surface area contributed by atoms with E-state index in [-0.39, 0.29) is 5.25 Å². The fourth-order valence-electron chi connectivity index (χ4n) is 2.64. The Bertz CT molecular complexity index is 552. The van der Waals surface area contributed by atoms with Gasteiger partial charge in [-0.3, -0.25) is 0 Å². The van der Waals surface area contributed by atoms with E-state index in [1.54, 1.807) is 18.7 Å². The first-order valence-corrected chi connectivity index (χ1v) is 9.83. The zero-order valence-electron chi connectivity index (χ0n) is 12.0. The van der Waals surface area contributed by atoms with E-state index in [4.69, 9.17) is 0 Å². The molecule has 0 saturated heterocycles. The molecule has 1 fully saturated rings. The van der Waals surface area contributed by atoms with Crippen LogP contribution in [0.2, 0.25) is 0 Å². The van der Waals surface area contributed by atoms with Crippen LogP contribution in [0.25, 0.3) is 0 Å². The molecule has 1 N–H and O–H groups in total. The molecule has 20 heavy (non-hydrogen) atoms. The monoisotopic (exact) mass is 314 g/mol. The van der Waals surface area contributed by atoms with Crippen LogP contribution in [0.3, 0.4) is 0 Å². The van der Waals surface area contributed by atoms with Crippen LogP contribution in [-0.4, -0.2) is 30.3 Å². The molecule has 0 aromatic heterocycles. The predicted octanol–water partition coefficient (Wildman–Crippen LogP) is 3.19. The van der Waals surface area contributed by atoms with Crippen molar-refractivity contribution in [2.75, 3.05) is 6.26 Å². The minimum absolute atomic E-state index is 0.186. The molecule has 0 aliphatic heterocycles. The van der Waals surface area contributed by atoms with Gasteiger partial charge in [-0.15, -0.1) is 11.8 Å². The number of rotatable bonds is 4. The Morgan fingerprint density at radius 3 is 2.75 bits per heavy atom. The second-order valence-corrected chi connectivity index (χ2v) is 9.31. The van der Waals surface area contributed by atoms with Crippen LogP contribution < -0.4 is 0 Å². The molecule has 0 bridgehead atoms. The molecule has 3 atom stereocenters. The summed E-state index contributed by atoms with van der Waals surface area (Å²) in [6.07, 6.45) is 4.46. The van der Waals surface area contributed by atoms with Crippen LogP contribution in [0.4, 0.5) is 0 Å². The largest absolute Gasteiger partial charge is 0.389 e. The van der Waals surface area contributed by atoms with Crippen LogP contribution in [0.1, 0.15) is 44.3 Å². The molecule has 5 heteroatoms. The van der Waals surface area contributed by atoms with Gasteiger partial charge in [-0.2, -0.15) is 0 Å². The maximum Gasteiger partial charge on any atom is 0.150 e. The minimum atomic E-state index is -2.93. The van der Waals surface area contributed by atoms with E-state index in [0.717, 1.165) is 36.1 Å². The van der Waals surface area contributed by atoms with Crippen molar-refractivity contribution < 1.29 is 13.5 Å². The van der Waals surface area contributed by atoms with Gasteiger partial charge in [0.2, 0.25) is 0 Å². The predicted molar refractivity (Wildman–Crippen MR) is 83.8 cm³/mol. The minimum Gasteiger partial charge on any atom is -0.389 e. The molecule has 1 aliphatic carbocycles. The molecular formula is C15H22O3S2. The number of thioether (sulfide) groups is 1. The second-order valence-electron chi connectivity index (χ2n) is 5.61. The lowest BCUT2D eigenvalue weighted by Crippen LogP contribution is -2.28. The van der Waals surface area contributed by atoms with Crippen LogP contribution in [0, 0.1) is 0 Å².